The molecule has 1 fully saturated rings. The minimum atomic E-state index is 0.214. The lowest BCUT2D eigenvalue weighted by atomic mass is 9.64. The predicted octanol–water partition coefficient (Wildman–Crippen LogP) is 3.07. The smallest absolute Gasteiger partial charge is 0.122 e. The first-order valence-corrected chi connectivity index (χ1v) is 6.36. The zero-order valence-corrected chi connectivity index (χ0v) is 11.5. The highest BCUT2D eigenvalue weighted by Gasteiger charge is 2.49. The second kappa shape index (κ2) is 4.34. The van der Waals surface area contributed by atoms with Gasteiger partial charge in [-0.15, -0.1) is 0 Å². The van der Waals surface area contributed by atoms with Crippen LogP contribution in [0.5, 0.6) is 5.75 Å². The lowest BCUT2D eigenvalue weighted by Crippen LogP contribution is -2.61. The van der Waals surface area contributed by atoms with Gasteiger partial charge in [-0.3, -0.25) is 0 Å². The Morgan fingerprint density at radius 3 is 2.53 bits per heavy atom. The van der Waals surface area contributed by atoms with Crippen molar-refractivity contribution in [1.82, 2.24) is 5.32 Å². The molecular formula is C15H23NO. The number of benzene rings is 1. The SMILES string of the molecule is CNC1CC(Oc2ccc(C)cc2C)C1(C)C. The lowest BCUT2D eigenvalue weighted by molar-refractivity contribution is -0.0524. The number of aryl methyl sites for hydroxylation is 2. The van der Waals surface area contributed by atoms with Gasteiger partial charge in [-0.25, -0.2) is 0 Å². The zero-order chi connectivity index (χ0) is 12.6. The Morgan fingerprint density at radius 1 is 1.29 bits per heavy atom. The lowest BCUT2D eigenvalue weighted by Gasteiger charge is -2.51. The molecule has 1 N–H and O–H groups in total. The van der Waals surface area contributed by atoms with Crippen molar-refractivity contribution >= 4 is 0 Å². The van der Waals surface area contributed by atoms with E-state index in [1.54, 1.807) is 0 Å². The molecule has 0 bridgehead atoms. The van der Waals surface area contributed by atoms with Crippen LogP contribution in [0.1, 0.15) is 31.4 Å². The van der Waals surface area contributed by atoms with Crippen molar-refractivity contribution in [1.29, 1.82) is 0 Å². The van der Waals surface area contributed by atoms with Crippen LogP contribution in [-0.2, 0) is 0 Å². The van der Waals surface area contributed by atoms with Crippen LogP contribution in [0.3, 0.4) is 0 Å². The van der Waals surface area contributed by atoms with Gasteiger partial charge in [0.25, 0.3) is 0 Å². The molecule has 0 radical (unpaired) electrons. The summed E-state index contributed by atoms with van der Waals surface area (Å²) in [5, 5.41) is 3.35. The Hall–Kier alpha value is -1.02. The summed E-state index contributed by atoms with van der Waals surface area (Å²) < 4.78 is 6.14. The van der Waals surface area contributed by atoms with E-state index >= 15 is 0 Å². The average molecular weight is 233 g/mol. The fraction of sp³-hybridized carbons (Fsp3) is 0.600. The number of ether oxygens (including phenoxy) is 1. The highest BCUT2D eigenvalue weighted by Crippen LogP contribution is 2.43. The molecule has 1 aromatic carbocycles. The van der Waals surface area contributed by atoms with E-state index in [2.05, 4.69) is 51.2 Å². The molecule has 2 heteroatoms. The van der Waals surface area contributed by atoms with Gasteiger partial charge >= 0.3 is 0 Å². The minimum absolute atomic E-state index is 0.214. The second-order valence-corrected chi connectivity index (χ2v) is 5.77. The number of nitrogens with one attached hydrogen (secondary N) is 1. The zero-order valence-electron chi connectivity index (χ0n) is 11.5. The predicted molar refractivity (Wildman–Crippen MR) is 71.6 cm³/mol. The fourth-order valence-corrected chi connectivity index (χ4v) is 2.66. The first-order chi connectivity index (χ1) is 7.95. The van der Waals surface area contributed by atoms with E-state index in [4.69, 9.17) is 4.74 Å². The van der Waals surface area contributed by atoms with Gasteiger partial charge in [0.15, 0.2) is 0 Å². The van der Waals surface area contributed by atoms with Gasteiger partial charge in [-0.1, -0.05) is 31.5 Å². The molecule has 1 aromatic rings. The van der Waals surface area contributed by atoms with E-state index in [-0.39, 0.29) is 5.41 Å². The van der Waals surface area contributed by atoms with Gasteiger partial charge in [0, 0.05) is 17.9 Å². The third-order valence-corrected chi connectivity index (χ3v) is 4.13. The molecule has 0 spiro atoms. The van der Waals surface area contributed by atoms with Crippen LogP contribution < -0.4 is 10.1 Å². The number of rotatable bonds is 3. The molecule has 2 rings (SSSR count). The fourth-order valence-electron chi connectivity index (χ4n) is 2.66. The largest absolute Gasteiger partial charge is 0.489 e. The standard InChI is InChI=1S/C15H23NO/c1-10-6-7-12(11(2)8-10)17-14-9-13(16-5)15(14,3)4/h6-8,13-14,16H,9H2,1-5H3. The van der Waals surface area contributed by atoms with E-state index in [0.29, 0.717) is 12.1 Å². The minimum Gasteiger partial charge on any atom is -0.489 e. The average Bonchev–Trinajstić information content (AvgIpc) is 2.26. The Labute approximate surface area is 104 Å². The molecule has 2 atom stereocenters. The summed E-state index contributed by atoms with van der Waals surface area (Å²) in [4.78, 5) is 0. The molecule has 1 aliphatic carbocycles. The van der Waals surface area contributed by atoms with Crippen molar-refractivity contribution < 1.29 is 4.74 Å². The summed E-state index contributed by atoms with van der Waals surface area (Å²) in [7, 11) is 2.03. The summed E-state index contributed by atoms with van der Waals surface area (Å²) in [6, 6.07) is 6.95. The van der Waals surface area contributed by atoms with Crippen LogP contribution in [0.2, 0.25) is 0 Å². The van der Waals surface area contributed by atoms with E-state index in [1.165, 1.54) is 11.1 Å². The maximum atomic E-state index is 6.14. The molecule has 17 heavy (non-hydrogen) atoms. The molecule has 0 aromatic heterocycles. The molecule has 0 saturated heterocycles. The van der Waals surface area contributed by atoms with Gasteiger partial charge in [0.2, 0.25) is 0 Å². The van der Waals surface area contributed by atoms with Crippen LogP contribution in [0.15, 0.2) is 18.2 Å². The summed E-state index contributed by atoms with van der Waals surface area (Å²) in [5.74, 6) is 1.03. The Morgan fingerprint density at radius 2 is 2.00 bits per heavy atom. The van der Waals surface area contributed by atoms with E-state index < -0.39 is 0 Å². The van der Waals surface area contributed by atoms with Gasteiger partial charge < -0.3 is 10.1 Å². The van der Waals surface area contributed by atoms with E-state index in [1.807, 2.05) is 7.05 Å². The quantitative estimate of drug-likeness (QED) is 0.866. The van der Waals surface area contributed by atoms with Crippen molar-refractivity contribution in [2.24, 2.45) is 5.41 Å². The summed E-state index contributed by atoms with van der Waals surface area (Å²) >= 11 is 0. The molecule has 1 saturated carbocycles. The summed E-state index contributed by atoms with van der Waals surface area (Å²) in [6.07, 6.45) is 1.41. The van der Waals surface area contributed by atoms with E-state index in [9.17, 15) is 0 Å². The normalized spacial score (nSPS) is 26.4. The maximum Gasteiger partial charge on any atom is 0.122 e. The van der Waals surface area contributed by atoms with E-state index in [0.717, 1.165) is 12.2 Å². The van der Waals surface area contributed by atoms with Crippen LogP contribution in [-0.4, -0.2) is 19.2 Å². The van der Waals surface area contributed by atoms with Crippen LogP contribution >= 0.6 is 0 Å². The highest BCUT2D eigenvalue weighted by molar-refractivity contribution is 5.36. The molecule has 0 amide bonds. The molecule has 2 nitrogen and oxygen atoms in total. The monoisotopic (exact) mass is 233 g/mol. The molecule has 2 unspecified atom stereocenters. The second-order valence-electron chi connectivity index (χ2n) is 5.77. The molecule has 1 aliphatic rings. The van der Waals surface area contributed by atoms with Gasteiger partial charge in [0.1, 0.15) is 11.9 Å². The van der Waals surface area contributed by atoms with Crippen molar-refractivity contribution in [3.63, 3.8) is 0 Å². The molecule has 94 valence electrons. The van der Waals surface area contributed by atoms with Crippen molar-refractivity contribution in [3.05, 3.63) is 29.3 Å². The number of hydrogen-bond acceptors (Lipinski definition) is 2. The molecule has 0 heterocycles. The van der Waals surface area contributed by atoms with Gasteiger partial charge in [0.05, 0.1) is 0 Å². The van der Waals surface area contributed by atoms with Crippen molar-refractivity contribution in [2.75, 3.05) is 7.05 Å². The van der Waals surface area contributed by atoms with Crippen molar-refractivity contribution in [3.8, 4) is 5.75 Å². The Balaban J connectivity index is 2.08. The van der Waals surface area contributed by atoms with Gasteiger partial charge in [-0.2, -0.15) is 0 Å². The summed E-state index contributed by atoms with van der Waals surface area (Å²) in [6.45, 7) is 8.77. The first kappa shape index (κ1) is 12.4. The molecule has 0 aliphatic heterocycles. The third kappa shape index (κ3) is 2.19. The van der Waals surface area contributed by atoms with Gasteiger partial charge in [-0.05, 0) is 32.5 Å². The van der Waals surface area contributed by atoms with Crippen LogP contribution in [0.25, 0.3) is 0 Å². The highest BCUT2D eigenvalue weighted by atomic mass is 16.5. The Kier molecular flexibility index (Phi) is 3.17. The third-order valence-electron chi connectivity index (χ3n) is 4.13. The molecular weight excluding hydrogens is 210 g/mol. The van der Waals surface area contributed by atoms with Crippen molar-refractivity contribution in [2.45, 2.75) is 46.3 Å². The topological polar surface area (TPSA) is 21.3 Å². The maximum absolute atomic E-state index is 6.14. The number of hydrogen-bond donors (Lipinski definition) is 1. The van der Waals surface area contributed by atoms with Crippen LogP contribution in [0, 0.1) is 19.3 Å². The first-order valence-electron chi connectivity index (χ1n) is 6.36. The summed E-state index contributed by atoms with van der Waals surface area (Å²) in [5.41, 5.74) is 2.73. The van der Waals surface area contributed by atoms with Crippen LogP contribution in [0.4, 0.5) is 0 Å². The Bertz CT molecular complexity index is 411.